The Kier molecular flexibility index (Phi) is 10.5. The molecule has 2 fully saturated rings. The number of imide groups is 1. The Morgan fingerprint density at radius 1 is 0.964 bits per heavy atom. The Morgan fingerprint density at radius 3 is 2.64 bits per heavy atom. The van der Waals surface area contributed by atoms with Crippen LogP contribution in [0.2, 0.25) is 0 Å². The van der Waals surface area contributed by atoms with E-state index in [1.54, 1.807) is 29.1 Å². The van der Waals surface area contributed by atoms with Gasteiger partial charge in [0, 0.05) is 54.4 Å². The number of rotatable bonds is 14. The molecule has 15 heteroatoms. The Morgan fingerprint density at radius 2 is 1.82 bits per heavy atom. The summed E-state index contributed by atoms with van der Waals surface area (Å²) < 4.78 is 7.70. The predicted molar refractivity (Wildman–Crippen MR) is 206 cm³/mol. The highest BCUT2D eigenvalue weighted by Gasteiger charge is 2.44. The van der Waals surface area contributed by atoms with Crippen LogP contribution in [0.25, 0.3) is 22.3 Å². The van der Waals surface area contributed by atoms with E-state index in [1.807, 2.05) is 18.5 Å². The number of nitrogens with one attached hydrogen (secondary N) is 4. The minimum absolute atomic E-state index is 0.278. The summed E-state index contributed by atoms with van der Waals surface area (Å²) >= 11 is 0. The van der Waals surface area contributed by atoms with Gasteiger partial charge in [-0.2, -0.15) is 15.3 Å². The number of aromatic nitrogens is 5. The van der Waals surface area contributed by atoms with E-state index >= 15 is 0 Å². The van der Waals surface area contributed by atoms with Crippen molar-refractivity contribution in [3.63, 3.8) is 0 Å². The first-order valence-corrected chi connectivity index (χ1v) is 18.9. The van der Waals surface area contributed by atoms with Crippen molar-refractivity contribution in [2.45, 2.75) is 50.6 Å². The van der Waals surface area contributed by atoms with E-state index in [2.05, 4.69) is 66.3 Å². The Hall–Kier alpha value is -6.11. The fraction of sp³-hybridized carbons (Fsp3) is 0.375. The molecule has 1 unspecified atom stereocenters. The molecule has 5 aromatic rings. The van der Waals surface area contributed by atoms with Crippen LogP contribution in [0.15, 0.2) is 67.1 Å². The lowest BCUT2D eigenvalue weighted by atomic mass is 9.89. The van der Waals surface area contributed by atoms with Crippen LogP contribution in [-0.4, -0.2) is 104 Å². The van der Waals surface area contributed by atoms with Crippen molar-refractivity contribution in [2.24, 2.45) is 0 Å². The third-order valence-corrected chi connectivity index (χ3v) is 10.6. The maximum absolute atomic E-state index is 13.3. The molecule has 282 valence electrons. The van der Waals surface area contributed by atoms with Crippen LogP contribution >= 0.6 is 0 Å². The second-order valence-corrected chi connectivity index (χ2v) is 14.1. The first-order chi connectivity index (χ1) is 27.0. The maximum atomic E-state index is 13.3. The maximum Gasteiger partial charge on any atom is 0.264 e. The molecule has 0 spiro atoms. The molecule has 2 saturated heterocycles. The van der Waals surface area contributed by atoms with Crippen LogP contribution in [0.4, 0.5) is 17.3 Å². The highest BCUT2D eigenvalue weighted by Crippen LogP contribution is 2.33. The van der Waals surface area contributed by atoms with Gasteiger partial charge < -0.3 is 30.6 Å². The van der Waals surface area contributed by atoms with Crippen LogP contribution in [0, 0.1) is 11.3 Å². The summed E-state index contributed by atoms with van der Waals surface area (Å²) in [6.45, 7) is 5.46. The molecule has 0 saturated carbocycles. The smallest absolute Gasteiger partial charge is 0.264 e. The van der Waals surface area contributed by atoms with E-state index < -0.39 is 17.9 Å². The number of benzene rings is 2. The fourth-order valence-electron chi connectivity index (χ4n) is 7.74. The monoisotopic (exact) mass is 741 g/mol. The molecule has 0 bridgehead atoms. The lowest BCUT2D eigenvalue weighted by Crippen LogP contribution is -2.52. The van der Waals surface area contributed by atoms with Crippen LogP contribution in [0.5, 0.6) is 0 Å². The van der Waals surface area contributed by atoms with Crippen LogP contribution < -0.4 is 16.0 Å². The number of carbonyl (C=O) groups excluding carboxylic acids is 3. The zero-order valence-corrected chi connectivity index (χ0v) is 30.5. The lowest BCUT2D eigenvalue weighted by molar-refractivity contribution is -0.126. The van der Waals surface area contributed by atoms with Gasteiger partial charge in [-0.25, -0.2) is 4.98 Å². The van der Waals surface area contributed by atoms with Crippen LogP contribution in [0.1, 0.15) is 64.3 Å². The number of ether oxygens (including phenoxy) is 1. The number of aryl methyl sites for hydroxylation is 1. The normalized spacial score (nSPS) is 17.7. The van der Waals surface area contributed by atoms with Crippen molar-refractivity contribution in [2.75, 3.05) is 56.6 Å². The molecule has 3 amide bonds. The molecule has 2 aromatic carbocycles. The highest BCUT2D eigenvalue weighted by molar-refractivity contribution is 6.25. The number of nitriles is 1. The number of carbonyl (C=O) groups is 3. The van der Waals surface area contributed by atoms with Gasteiger partial charge in [0.2, 0.25) is 11.9 Å². The number of piperidine rings is 2. The van der Waals surface area contributed by atoms with E-state index in [4.69, 9.17) is 15.0 Å². The van der Waals surface area contributed by atoms with Gasteiger partial charge in [-0.3, -0.25) is 24.0 Å². The van der Waals surface area contributed by atoms with E-state index in [0.717, 1.165) is 71.8 Å². The Labute approximate surface area is 318 Å². The molecule has 0 aliphatic carbocycles. The second kappa shape index (κ2) is 16.1. The number of aromatic amines is 1. The van der Waals surface area contributed by atoms with Crippen molar-refractivity contribution in [1.29, 1.82) is 5.26 Å². The Bertz CT molecular complexity index is 2230. The second-order valence-electron chi connectivity index (χ2n) is 14.1. The van der Waals surface area contributed by atoms with Crippen LogP contribution in [-0.2, 0) is 16.1 Å². The number of amides is 3. The quantitative estimate of drug-likeness (QED) is 0.0916. The molecule has 1 atom stereocenters. The van der Waals surface area contributed by atoms with Crippen LogP contribution in [0.3, 0.4) is 0 Å². The average molecular weight is 742 g/mol. The molecule has 0 radical (unpaired) electrons. The summed E-state index contributed by atoms with van der Waals surface area (Å²) in [7, 11) is 0. The van der Waals surface area contributed by atoms with Crippen molar-refractivity contribution >= 4 is 46.1 Å². The average Bonchev–Trinajstić information content (AvgIpc) is 3.95. The minimum atomic E-state index is -0.765. The molecular formula is C40H43N11O4. The summed E-state index contributed by atoms with van der Waals surface area (Å²) in [5, 5.41) is 23.6. The van der Waals surface area contributed by atoms with Gasteiger partial charge >= 0.3 is 0 Å². The van der Waals surface area contributed by atoms with Gasteiger partial charge in [0.05, 0.1) is 55.3 Å². The topological polar surface area (TPSA) is 186 Å². The highest BCUT2D eigenvalue weighted by atomic mass is 16.5. The largest absolute Gasteiger partial charge is 0.382 e. The van der Waals surface area contributed by atoms with E-state index in [0.29, 0.717) is 74.4 Å². The number of nitrogens with zero attached hydrogens (tertiary/aromatic N) is 7. The number of anilines is 3. The molecule has 3 aromatic heterocycles. The summed E-state index contributed by atoms with van der Waals surface area (Å²) in [6, 6.07) is 17.0. The first kappa shape index (κ1) is 35.9. The summed E-state index contributed by atoms with van der Waals surface area (Å²) in [6.07, 6.45) is 9.25. The first-order valence-electron chi connectivity index (χ1n) is 18.9. The summed E-state index contributed by atoms with van der Waals surface area (Å²) in [5.41, 5.74) is 5.82. The molecule has 6 heterocycles. The number of H-pyrrole nitrogens is 1. The zero-order chi connectivity index (χ0) is 37.7. The van der Waals surface area contributed by atoms with Crippen molar-refractivity contribution in [3.8, 4) is 17.3 Å². The number of fused-ring (bicyclic) bond motifs is 2. The summed E-state index contributed by atoms with van der Waals surface area (Å²) in [5.74, 6) is -0.146. The molecule has 4 N–H and O–H groups in total. The molecule has 55 heavy (non-hydrogen) atoms. The van der Waals surface area contributed by atoms with Crippen molar-refractivity contribution < 1.29 is 19.1 Å². The zero-order valence-electron chi connectivity index (χ0n) is 30.5. The molecule has 3 aliphatic rings. The summed E-state index contributed by atoms with van der Waals surface area (Å²) in [4.78, 5) is 55.1. The van der Waals surface area contributed by atoms with E-state index in [1.165, 1.54) is 5.56 Å². The van der Waals surface area contributed by atoms with Gasteiger partial charge in [0.25, 0.3) is 11.8 Å². The van der Waals surface area contributed by atoms with Gasteiger partial charge in [-0.05, 0) is 80.6 Å². The lowest BCUT2D eigenvalue weighted by Gasteiger charge is -2.32. The number of hydrogen-bond donors (Lipinski definition) is 4. The molecule has 3 aliphatic heterocycles. The Balaban J connectivity index is 0.778. The molecule has 15 nitrogen and oxygen atoms in total. The predicted octanol–water partition coefficient (Wildman–Crippen LogP) is 4.66. The van der Waals surface area contributed by atoms with Gasteiger partial charge in [-0.1, -0.05) is 18.2 Å². The molecule has 8 rings (SSSR count). The van der Waals surface area contributed by atoms with E-state index in [9.17, 15) is 14.4 Å². The SMILES string of the molecule is N#CCCn1cc(-c2nc(Nc3ccc(C4CCN(CCOCCNc5cccc6c5C(=O)N(C5CCCNC5=O)C6=O)CC4)cc3)nc3[nH]ccc23)cn1. The number of likely N-dealkylation sites (tertiary alicyclic amines) is 1. The van der Waals surface area contributed by atoms with Crippen molar-refractivity contribution in [3.05, 3.63) is 83.8 Å². The van der Waals surface area contributed by atoms with Gasteiger partial charge in [0.15, 0.2) is 0 Å². The van der Waals surface area contributed by atoms with Gasteiger partial charge in [0.1, 0.15) is 11.7 Å². The molecular weight excluding hydrogens is 699 g/mol. The number of hydrogen-bond acceptors (Lipinski definition) is 11. The third-order valence-electron chi connectivity index (χ3n) is 10.6. The minimum Gasteiger partial charge on any atom is -0.382 e. The van der Waals surface area contributed by atoms with Crippen molar-refractivity contribution in [1.82, 2.24) is 39.8 Å². The third kappa shape index (κ3) is 7.64. The van der Waals surface area contributed by atoms with Gasteiger partial charge in [-0.15, -0.1) is 0 Å². The standard InChI is InChI=1S/C40H43N11O4/c41-14-3-18-50-25-28(24-45-50)35-31-11-16-43-36(31)48-40(47-35)46-29-9-7-26(8-10-29)27-12-19-49(20-13-27)21-23-55-22-17-42-32-5-1-4-30-34(32)39(54)51(38(30)53)33-6-2-15-44-37(33)52/h1,4-5,7-11,16,24-25,27,33,42H,2-3,6,12-13,15,17-23H2,(H,44,52)(H2,43,46,47,48). The fourth-order valence-corrected chi connectivity index (χ4v) is 7.74. The van der Waals surface area contributed by atoms with E-state index in [-0.39, 0.29) is 5.91 Å².